The van der Waals surface area contributed by atoms with Crippen molar-refractivity contribution in [3.8, 4) is 5.88 Å². The third-order valence-electron chi connectivity index (χ3n) is 2.79. The molecule has 0 atom stereocenters. The van der Waals surface area contributed by atoms with E-state index in [1.54, 1.807) is 7.11 Å². The van der Waals surface area contributed by atoms with Crippen molar-refractivity contribution in [3.05, 3.63) is 23.4 Å². The molecule has 1 aliphatic rings. The van der Waals surface area contributed by atoms with Crippen molar-refractivity contribution in [1.82, 2.24) is 9.88 Å². The number of methoxy groups -OCH3 is 1. The van der Waals surface area contributed by atoms with Crippen molar-refractivity contribution < 1.29 is 9.47 Å². The largest absolute Gasteiger partial charge is 0.475 e. The fourth-order valence-electron chi connectivity index (χ4n) is 1.83. The summed E-state index contributed by atoms with van der Waals surface area (Å²) < 4.78 is 10.4. The molecule has 0 aliphatic carbocycles. The van der Waals surface area contributed by atoms with E-state index in [9.17, 15) is 0 Å². The lowest BCUT2D eigenvalue weighted by molar-refractivity contribution is 0.143. The second kappa shape index (κ2) is 5.27. The van der Waals surface area contributed by atoms with E-state index < -0.39 is 0 Å². The maximum atomic E-state index is 5.49. The van der Waals surface area contributed by atoms with Crippen molar-refractivity contribution in [2.75, 3.05) is 26.9 Å². The Morgan fingerprint density at radius 2 is 2.19 bits per heavy atom. The molecule has 0 radical (unpaired) electrons. The molecule has 0 saturated heterocycles. The molecule has 1 aliphatic heterocycles. The first-order valence-electron chi connectivity index (χ1n) is 5.66. The SMILES string of the molecule is CCN1Cc2ccc(OCCOC)nc2C1. The molecular formula is C12H18N2O2. The summed E-state index contributed by atoms with van der Waals surface area (Å²) in [4.78, 5) is 6.86. The number of hydrogen-bond acceptors (Lipinski definition) is 4. The minimum Gasteiger partial charge on any atom is -0.475 e. The number of nitrogens with zero attached hydrogens (tertiary/aromatic N) is 2. The maximum Gasteiger partial charge on any atom is 0.213 e. The zero-order valence-electron chi connectivity index (χ0n) is 9.90. The van der Waals surface area contributed by atoms with E-state index in [1.165, 1.54) is 5.56 Å². The summed E-state index contributed by atoms with van der Waals surface area (Å²) in [7, 11) is 1.67. The van der Waals surface area contributed by atoms with Crippen LogP contribution < -0.4 is 4.74 Å². The summed E-state index contributed by atoms with van der Waals surface area (Å²) in [6.07, 6.45) is 0. The van der Waals surface area contributed by atoms with Crippen LogP contribution in [0, 0.1) is 0 Å². The number of rotatable bonds is 5. The van der Waals surface area contributed by atoms with Crippen LogP contribution in [-0.2, 0) is 17.8 Å². The monoisotopic (exact) mass is 222 g/mol. The Morgan fingerprint density at radius 3 is 2.94 bits per heavy atom. The molecule has 0 fully saturated rings. The Kier molecular flexibility index (Phi) is 3.74. The van der Waals surface area contributed by atoms with Crippen LogP contribution in [0.15, 0.2) is 12.1 Å². The lowest BCUT2D eigenvalue weighted by Crippen LogP contribution is -2.14. The fourth-order valence-corrected chi connectivity index (χ4v) is 1.83. The van der Waals surface area contributed by atoms with E-state index in [1.807, 2.05) is 6.07 Å². The highest BCUT2D eigenvalue weighted by Gasteiger charge is 2.19. The van der Waals surface area contributed by atoms with Gasteiger partial charge in [0.1, 0.15) is 6.61 Å². The van der Waals surface area contributed by atoms with Crippen LogP contribution in [0.2, 0.25) is 0 Å². The molecule has 0 amide bonds. The number of hydrogen-bond donors (Lipinski definition) is 0. The normalized spacial score (nSPS) is 15.1. The van der Waals surface area contributed by atoms with E-state index in [-0.39, 0.29) is 0 Å². The molecule has 0 bridgehead atoms. The lowest BCUT2D eigenvalue weighted by atomic mass is 10.2. The van der Waals surface area contributed by atoms with Gasteiger partial charge >= 0.3 is 0 Å². The lowest BCUT2D eigenvalue weighted by Gasteiger charge is -2.08. The quantitative estimate of drug-likeness (QED) is 0.706. The number of fused-ring (bicyclic) bond motifs is 1. The molecule has 0 unspecified atom stereocenters. The van der Waals surface area contributed by atoms with Crippen molar-refractivity contribution in [3.63, 3.8) is 0 Å². The first-order chi connectivity index (χ1) is 7.83. The molecule has 0 N–H and O–H groups in total. The molecular weight excluding hydrogens is 204 g/mol. The summed E-state index contributed by atoms with van der Waals surface area (Å²) in [6, 6.07) is 4.05. The van der Waals surface area contributed by atoms with E-state index in [4.69, 9.17) is 9.47 Å². The molecule has 0 aromatic carbocycles. The van der Waals surface area contributed by atoms with Crippen molar-refractivity contribution >= 4 is 0 Å². The van der Waals surface area contributed by atoms with Gasteiger partial charge in [0.05, 0.1) is 12.3 Å². The summed E-state index contributed by atoms with van der Waals surface area (Å²) in [5.74, 6) is 0.703. The van der Waals surface area contributed by atoms with Crippen LogP contribution in [0.25, 0.3) is 0 Å². The zero-order valence-corrected chi connectivity index (χ0v) is 9.90. The van der Waals surface area contributed by atoms with Gasteiger partial charge in [0, 0.05) is 26.3 Å². The molecule has 88 valence electrons. The average Bonchev–Trinajstić information content (AvgIpc) is 2.71. The Labute approximate surface area is 96.2 Å². The number of aromatic nitrogens is 1. The van der Waals surface area contributed by atoms with Gasteiger partial charge in [-0.3, -0.25) is 4.90 Å². The van der Waals surface area contributed by atoms with Gasteiger partial charge in [0.2, 0.25) is 5.88 Å². The van der Waals surface area contributed by atoms with Gasteiger partial charge in [-0.05, 0) is 12.1 Å². The minimum absolute atomic E-state index is 0.555. The number of ether oxygens (including phenoxy) is 2. The minimum atomic E-state index is 0.555. The molecule has 4 nitrogen and oxygen atoms in total. The van der Waals surface area contributed by atoms with Crippen molar-refractivity contribution in [2.24, 2.45) is 0 Å². The van der Waals surface area contributed by atoms with Crippen LogP contribution >= 0.6 is 0 Å². The van der Waals surface area contributed by atoms with Gasteiger partial charge in [-0.2, -0.15) is 0 Å². The fraction of sp³-hybridized carbons (Fsp3) is 0.583. The molecule has 16 heavy (non-hydrogen) atoms. The van der Waals surface area contributed by atoms with Crippen LogP contribution in [0.1, 0.15) is 18.2 Å². The van der Waals surface area contributed by atoms with Crippen molar-refractivity contribution in [1.29, 1.82) is 0 Å². The molecule has 2 rings (SSSR count). The first-order valence-corrected chi connectivity index (χ1v) is 5.66. The number of pyridine rings is 1. The smallest absolute Gasteiger partial charge is 0.213 e. The van der Waals surface area contributed by atoms with Gasteiger partial charge in [-0.25, -0.2) is 4.98 Å². The van der Waals surface area contributed by atoms with Crippen LogP contribution in [-0.4, -0.2) is 36.8 Å². The summed E-state index contributed by atoms with van der Waals surface area (Å²) in [5, 5.41) is 0. The summed E-state index contributed by atoms with van der Waals surface area (Å²) in [5.41, 5.74) is 2.47. The Balaban J connectivity index is 1.98. The van der Waals surface area contributed by atoms with Gasteiger partial charge < -0.3 is 9.47 Å². The topological polar surface area (TPSA) is 34.6 Å². The van der Waals surface area contributed by atoms with E-state index >= 15 is 0 Å². The third-order valence-corrected chi connectivity index (χ3v) is 2.79. The second-order valence-electron chi connectivity index (χ2n) is 3.90. The first kappa shape index (κ1) is 11.4. The molecule has 1 aromatic rings. The van der Waals surface area contributed by atoms with E-state index in [0.717, 1.165) is 25.3 Å². The summed E-state index contributed by atoms with van der Waals surface area (Å²) >= 11 is 0. The van der Waals surface area contributed by atoms with Crippen LogP contribution in [0.3, 0.4) is 0 Å². The Hall–Kier alpha value is -1.13. The standard InChI is InChI=1S/C12H18N2O2/c1-3-14-8-10-4-5-12(13-11(10)9-14)16-7-6-15-2/h4-5H,3,6-9H2,1-2H3. The van der Waals surface area contributed by atoms with E-state index in [2.05, 4.69) is 22.9 Å². The summed E-state index contributed by atoms with van der Waals surface area (Å²) in [6.45, 7) is 6.34. The second-order valence-corrected chi connectivity index (χ2v) is 3.90. The highest BCUT2D eigenvalue weighted by Crippen LogP contribution is 2.22. The molecule has 2 heterocycles. The van der Waals surface area contributed by atoms with Gasteiger partial charge in [0.15, 0.2) is 0 Å². The Bertz CT molecular complexity index is 355. The van der Waals surface area contributed by atoms with Gasteiger partial charge in [-0.15, -0.1) is 0 Å². The third kappa shape index (κ3) is 2.51. The van der Waals surface area contributed by atoms with Crippen LogP contribution in [0.4, 0.5) is 0 Å². The van der Waals surface area contributed by atoms with Gasteiger partial charge in [-0.1, -0.05) is 13.0 Å². The van der Waals surface area contributed by atoms with Crippen LogP contribution in [0.5, 0.6) is 5.88 Å². The molecule has 0 spiro atoms. The zero-order chi connectivity index (χ0) is 11.4. The van der Waals surface area contributed by atoms with Gasteiger partial charge in [0.25, 0.3) is 0 Å². The molecule has 0 saturated carbocycles. The highest BCUT2D eigenvalue weighted by molar-refractivity contribution is 5.28. The average molecular weight is 222 g/mol. The maximum absolute atomic E-state index is 5.49. The highest BCUT2D eigenvalue weighted by atomic mass is 16.5. The molecule has 4 heteroatoms. The molecule has 1 aromatic heterocycles. The Morgan fingerprint density at radius 1 is 1.31 bits per heavy atom. The predicted octanol–water partition coefficient (Wildman–Crippen LogP) is 1.44. The van der Waals surface area contributed by atoms with Crippen molar-refractivity contribution in [2.45, 2.75) is 20.0 Å². The predicted molar refractivity (Wildman–Crippen MR) is 61.4 cm³/mol. The van der Waals surface area contributed by atoms with E-state index in [0.29, 0.717) is 19.1 Å².